The van der Waals surface area contributed by atoms with Crippen molar-refractivity contribution in [1.29, 1.82) is 0 Å². The van der Waals surface area contributed by atoms with Gasteiger partial charge in [-0.2, -0.15) is 0 Å². The van der Waals surface area contributed by atoms with Crippen LogP contribution in [0.2, 0.25) is 0 Å². The first-order valence-corrected chi connectivity index (χ1v) is 14.3. The molecule has 218 valence electrons. The monoisotopic (exact) mass is 555 g/mol. The van der Waals surface area contributed by atoms with Crippen LogP contribution in [0.15, 0.2) is 36.4 Å². The van der Waals surface area contributed by atoms with E-state index in [2.05, 4.69) is 12.1 Å². The Kier molecular flexibility index (Phi) is 9.68. The van der Waals surface area contributed by atoms with Crippen molar-refractivity contribution in [2.24, 2.45) is 5.73 Å². The standard InChI is InChI=1S/C31H42FN3O5/c1-5-34(26-13-7-6-12-23(26)21-10-8-11-22(18-21)39-17-9-16-38-4)29(36)24-19-27-28(20-25(24)32)40-31(2,3)30(37)35(27)15-14-33/h8,10-11,18-20,23,26H,5-7,9,12-17,33H2,1-4H3/t23-,26?/m1/s1. The van der Waals surface area contributed by atoms with Gasteiger partial charge in [0.05, 0.1) is 17.9 Å². The minimum absolute atomic E-state index is 0.0710. The Morgan fingerprint density at radius 3 is 2.70 bits per heavy atom. The van der Waals surface area contributed by atoms with E-state index >= 15 is 4.39 Å². The number of amides is 2. The molecular weight excluding hydrogens is 513 g/mol. The first-order chi connectivity index (χ1) is 19.2. The van der Waals surface area contributed by atoms with Crippen LogP contribution in [-0.4, -0.2) is 68.3 Å². The molecule has 2 amide bonds. The van der Waals surface area contributed by atoms with Crippen LogP contribution in [0.3, 0.4) is 0 Å². The normalized spacial score (nSPS) is 20.1. The molecule has 8 nitrogen and oxygen atoms in total. The highest BCUT2D eigenvalue weighted by atomic mass is 19.1. The third kappa shape index (κ3) is 6.25. The molecule has 2 aromatic rings. The highest BCUT2D eigenvalue weighted by molar-refractivity contribution is 6.04. The second-order valence-corrected chi connectivity index (χ2v) is 11.0. The molecule has 1 fully saturated rings. The Bertz CT molecular complexity index is 1200. The Hall–Kier alpha value is -3.17. The minimum Gasteiger partial charge on any atom is -0.493 e. The summed E-state index contributed by atoms with van der Waals surface area (Å²) in [7, 11) is 1.67. The minimum atomic E-state index is -1.16. The topological polar surface area (TPSA) is 94.3 Å². The lowest BCUT2D eigenvalue weighted by atomic mass is 9.79. The summed E-state index contributed by atoms with van der Waals surface area (Å²) in [5.74, 6) is -0.219. The summed E-state index contributed by atoms with van der Waals surface area (Å²) in [6.07, 6.45) is 4.60. The molecule has 1 heterocycles. The van der Waals surface area contributed by atoms with Crippen molar-refractivity contribution in [3.05, 3.63) is 53.3 Å². The van der Waals surface area contributed by atoms with Crippen LogP contribution in [0.4, 0.5) is 10.1 Å². The van der Waals surface area contributed by atoms with Gasteiger partial charge in [-0.3, -0.25) is 9.59 Å². The zero-order valence-corrected chi connectivity index (χ0v) is 24.1. The van der Waals surface area contributed by atoms with Gasteiger partial charge in [0.25, 0.3) is 11.8 Å². The lowest BCUT2D eigenvalue weighted by molar-refractivity contribution is -0.132. The van der Waals surface area contributed by atoms with Crippen molar-refractivity contribution in [2.75, 3.05) is 44.9 Å². The molecule has 2 aromatic carbocycles. The Labute approximate surface area is 236 Å². The number of nitrogens with zero attached hydrogens (tertiary/aromatic N) is 2. The van der Waals surface area contributed by atoms with E-state index in [-0.39, 0.29) is 42.3 Å². The van der Waals surface area contributed by atoms with Gasteiger partial charge >= 0.3 is 0 Å². The van der Waals surface area contributed by atoms with Crippen molar-refractivity contribution in [2.45, 2.75) is 70.4 Å². The van der Waals surface area contributed by atoms with E-state index in [1.54, 1.807) is 25.9 Å². The van der Waals surface area contributed by atoms with Gasteiger partial charge < -0.3 is 29.7 Å². The second kappa shape index (κ2) is 13.0. The molecule has 9 heteroatoms. The van der Waals surface area contributed by atoms with E-state index in [4.69, 9.17) is 19.9 Å². The average molecular weight is 556 g/mol. The lowest BCUT2D eigenvalue weighted by Gasteiger charge is -2.41. The molecule has 0 spiro atoms. The summed E-state index contributed by atoms with van der Waals surface area (Å²) in [4.78, 5) is 30.3. The molecule has 1 aliphatic heterocycles. The average Bonchev–Trinajstić information content (AvgIpc) is 2.94. The zero-order valence-electron chi connectivity index (χ0n) is 24.1. The highest BCUT2D eigenvalue weighted by Gasteiger charge is 2.42. The van der Waals surface area contributed by atoms with E-state index in [1.807, 2.05) is 19.1 Å². The fourth-order valence-corrected chi connectivity index (χ4v) is 5.89. The lowest BCUT2D eigenvalue weighted by Crippen LogP contribution is -2.53. The number of anilines is 1. The summed E-state index contributed by atoms with van der Waals surface area (Å²) in [5, 5.41) is 0. The Morgan fingerprint density at radius 1 is 1.20 bits per heavy atom. The van der Waals surface area contributed by atoms with Gasteiger partial charge in [0.1, 0.15) is 17.3 Å². The number of hydrogen-bond acceptors (Lipinski definition) is 6. The second-order valence-electron chi connectivity index (χ2n) is 11.0. The smallest absolute Gasteiger partial charge is 0.270 e. The number of carbonyl (C=O) groups excluding carboxylic acids is 2. The molecule has 0 aromatic heterocycles. The number of halogens is 1. The van der Waals surface area contributed by atoms with Crippen LogP contribution in [-0.2, 0) is 9.53 Å². The number of methoxy groups -OCH3 is 1. The SMILES string of the molecule is CCN(C(=O)c1cc2c(cc1F)OC(C)(C)C(=O)N2CCN)C1CCCC[C@@H]1c1cccc(OCCCOC)c1. The highest BCUT2D eigenvalue weighted by Crippen LogP contribution is 2.41. The van der Waals surface area contributed by atoms with Crippen molar-refractivity contribution in [3.63, 3.8) is 0 Å². The van der Waals surface area contributed by atoms with E-state index in [0.717, 1.165) is 43.4 Å². The quantitative estimate of drug-likeness (QED) is 0.397. The van der Waals surface area contributed by atoms with Gasteiger partial charge in [0, 0.05) is 57.8 Å². The van der Waals surface area contributed by atoms with E-state index in [9.17, 15) is 9.59 Å². The molecule has 1 aliphatic carbocycles. The number of likely N-dealkylation sites (N-methyl/N-ethyl adjacent to an activating group) is 1. The predicted octanol–water partition coefficient (Wildman–Crippen LogP) is 4.89. The molecule has 1 unspecified atom stereocenters. The maximum Gasteiger partial charge on any atom is 0.270 e. The fourth-order valence-electron chi connectivity index (χ4n) is 5.89. The molecule has 40 heavy (non-hydrogen) atoms. The number of ether oxygens (including phenoxy) is 3. The maximum atomic E-state index is 15.5. The third-order valence-corrected chi connectivity index (χ3v) is 7.83. The van der Waals surface area contributed by atoms with Crippen LogP contribution < -0.4 is 20.1 Å². The number of nitrogens with two attached hydrogens (primary N) is 1. The third-order valence-electron chi connectivity index (χ3n) is 7.83. The molecule has 2 atom stereocenters. The van der Waals surface area contributed by atoms with Crippen molar-refractivity contribution in [1.82, 2.24) is 4.90 Å². The number of rotatable bonds is 11. The summed E-state index contributed by atoms with van der Waals surface area (Å²) < 4.78 is 32.4. The maximum absolute atomic E-state index is 15.5. The largest absolute Gasteiger partial charge is 0.493 e. The van der Waals surface area contributed by atoms with Crippen LogP contribution in [0, 0.1) is 5.82 Å². The molecule has 4 rings (SSSR count). The Balaban J connectivity index is 1.63. The van der Waals surface area contributed by atoms with E-state index in [1.165, 1.54) is 17.0 Å². The molecule has 2 N–H and O–H groups in total. The van der Waals surface area contributed by atoms with Crippen LogP contribution in [0.25, 0.3) is 0 Å². The summed E-state index contributed by atoms with van der Waals surface area (Å²) in [6.45, 7) is 7.29. The number of carbonyl (C=O) groups is 2. The van der Waals surface area contributed by atoms with Crippen LogP contribution >= 0.6 is 0 Å². The number of hydrogen-bond donors (Lipinski definition) is 1. The van der Waals surface area contributed by atoms with Crippen LogP contribution in [0.1, 0.15) is 74.7 Å². The summed E-state index contributed by atoms with van der Waals surface area (Å²) in [5.41, 5.74) is 6.04. The Morgan fingerprint density at radius 2 is 1.98 bits per heavy atom. The summed E-state index contributed by atoms with van der Waals surface area (Å²) in [6, 6.07) is 10.6. The summed E-state index contributed by atoms with van der Waals surface area (Å²) >= 11 is 0. The van der Waals surface area contributed by atoms with Gasteiger partial charge in [-0.05, 0) is 57.4 Å². The number of fused-ring (bicyclic) bond motifs is 1. The van der Waals surface area contributed by atoms with Crippen LogP contribution in [0.5, 0.6) is 11.5 Å². The molecule has 1 saturated carbocycles. The predicted molar refractivity (Wildman–Crippen MR) is 153 cm³/mol. The van der Waals surface area contributed by atoms with E-state index < -0.39 is 17.3 Å². The first-order valence-electron chi connectivity index (χ1n) is 14.3. The molecule has 0 saturated heterocycles. The van der Waals surface area contributed by atoms with Gasteiger partial charge in [-0.25, -0.2) is 4.39 Å². The fraction of sp³-hybridized carbons (Fsp3) is 0.548. The van der Waals surface area contributed by atoms with Gasteiger partial charge in [0.2, 0.25) is 0 Å². The van der Waals surface area contributed by atoms with Crippen molar-refractivity contribution in [3.8, 4) is 11.5 Å². The van der Waals surface area contributed by atoms with Gasteiger partial charge in [-0.1, -0.05) is 25.0 Å². The molecule has 0 bridgehead atoms. The van der Waals surface area contributed by atoms with Crippen molar-refractivity contribution < 1.29 is 28.2 Å². The molecule has 0 radical (unpaired) electrons. The zero-order chi connectivity index (χ0) is 28.9. The van der Waals surface area contributed by atoms with Gasteiger partial charge in [0.15, 0.2) is 5.60 Å². The molecule has 2 aliphatic rings. The first kappa shape index (κ1) is 29.8. The van der Waals surface area contributed by atoms with E-state index in [0.29, 0.717) is 25.4 Å². The molecular formula is C31H42FN3O5. The van der Waals surface area contributed by atoms with Gasteiger partial charge in [-0.15, -0.1) is 0 Å². The number of benzene rings is 2. The van der Waals surface area contributed by atoms with Crippen molar-refractivity contribution >= 4 is 17.5 Å².